The Morgan fingerprint density at radius 3 is 2.82 bits per heavy atom. The fourth-order valence-electron chi connectivity index (χ4n) is 1.64. The van der Waals surface area contributed by atoms with E-state index in [9.17, 15) is 0 Å². The monoisotopic (exact) mass is 285 g/mol. The quantitative estimate of drug-likeness (QED) is 0.687. The van der Waals surface area contributed by atoms with Crippen molar-refractivity contribution in [3.8, 4) is 11.3 Å². The van der Waals surface area contributed by atoms with E-state index in [1.165, 1.54) is 0 Å². The predicted molar refractivity (Wildman–Crippen MR) is 70.5 cm³/mol. The van der Waals surface area contributed by atoms with Gasteiger partial charge in [0.2, 0.25) is 0 Å². The zero-order valence-corrected chi connectivity index (χ0v) is 10.4. The Kier molecular flexibility index (Phi) is 2.57. The molecule has 82 valence electrons. The summed E-state index contributed by atoms with van der Waals surface area (Å²) in [5.41, 5.74) is 3.34. The highest BCUT2D eigenvalue weighted by molar-refractivity contribution is 9.10. The second-order valence-corrected chi connectivity index (χ2v) is 4.53. The number of fused-ring (bicyclic) bond motifs is 1. The molecule has 0 saturated carbocycles. The summed E-state index contributed by atoms with van der Waals surface area (Å²) in [6, 6.07) is 11.7. The zero-order valence-electron chi connectivity index (χ0n) is 8.84. The van der Waals surface area contributed by atoms with Gasteiger partial charge in [-0.2, -0.15) is 0 Å². The van der Waals surface area contributed by atoms with E-state index >= 15 is 0 Å². The molecule has 0 amide bonds. The van der Waals surface area contributed by atoms with Crippen molar-refractivity contribution in [2.45, 2.75) is 0 Å². The van der Waals surface area contributed by atoms with Gasteiger partial charge in [-0.05, 0) is 24.3 Å². The Morgan fingerprint density at radius 1 is 1.00 bits per heavy atom. The van der Waals surface area contributed by atoms with Gasteiger partial charge >= 0.3 is 0 Å². The molecule has 4 heteroatoms. The van der Waals surface area contributed by atoms with Crippen LogP contribution in [0.5, 0.6) is 0 Å². The lowest BCUT2D eigenvalue weighted by Gasteiger charge is -2.02. The molecular weight excluding hydrogens is 278 g/mol. The standard InChI is InChI=1S/C13H8BrN3/c14-10-4-1-3-9(7-10)12-8-16-11-5-2-6-15-13(11)17-12/h1-8H. The highest BCUT2D eigenvalue weighted by atomic mass is 79.9. The molecule has 0 aliphatic carbocycles. The second kappa shape index (κ2) is 4.22. The lowest BCUT2D eigenvalue weighted by atomic mass is 10.2. The molecule has 0 saturated heterocycles. The first-order valence-electron chi connectivity index (χ1n) is 5.17. The average molecular weight is 286 g/mol. The average Bonchev–Trinajstić information content (AvgIpc) is 2.38. The molecule has 0 unspecified atom stereocenters. The summed E-state index contributed by atoms with van der Waals surface area (Å²) in [5.74, 6) is 0. The van der Waals surface area contributed by atoms with E-state index in [0.29, 0.717) is 5.65 Å². The fourth-order valence-corrected chi connectivity index (χ4v) is 2.04. The molecule has 0 fully saturated rings. The summed E-state index contributed by atoms with van der Waals surface area (Å²) in [6.45, 7) is 0. The number of pyridine rings is 1. The molecule has 0 aliphatic heterocycles. The van der Waals surface area contributed by atoms with Crippen molar-refractivity contribution in [2.75, 3.05) is 0 Å². The zero-order chi connectivity index (χ0) is 11.7. The molecule has 0 N–H and O–H groups in total. The second-order valence-electron chi connectivity index (χ2n) is 3.61. The topological polar surface area (TPSA) is 38.7 Å². The van der Waals surface area contributed by atoms with Crippen LogP contribution in [0.25, 0.3) is 22.4 Å². The van der Waals surface area contributed by atoms with Gasteiger partial charge in [0, 0.05) is 16.2 Å². The first-order chi connectivity index (χ1) is 8.33. The Morgan fingerprint density at radius 2 is 1.94 bits per heavy atom. The van der Waals surface area contributed by atoms with Crippen molar-refractivity contribution >= 4 is 27.1 Å². The minimum absolute atomic E-state index is 0.671. The summed E-state index contributed by atoms with van der Waals surface area (Å²) in [6.07, 6.45) is 3.49. The highest BCUT2D eigenvalue weighted by Crippen LogP contribution is 2.21. The number of nitrogens with zero attached hydrogens (tertiary/aromatic N) is 3. The number of hydrogen-bond acceptors (Lipinski definition) is 3. The van der Waals surface area contributed by atoms with Gasteiger partial charge in [-0.3, -0.25) is 4.98 Å². The fraction of sp³-hybridized carbons (Fsp3) is 0. The minimum atomic E-state index is 0.671. The van der Waals surface area contributed by atoms with E-state index in [-0.39, 0.29) is 0 Å². The summed E-state index contributed by atoms with van der Waals surface area (Å²) in [7, 11) is 0. The number of aromatic nitrogens is 3. The minimum Gasteiger partial charge on any atom is -0.251 e. The van der Waals surface area contributed by atoms with Crippen LogP contribution in [0.1, 0.15) is 0 Å². The van der Waals surface area contributed by atoms with Gasteiger partial charge < -0.3 is 0 Å². The third-order valence-electron chi connectivity index (χ3n) is 2.44. The maximum atomic E-state index is 4.49. The van der Waals surface area contributed by atoms with Crippen molar-refractivity contribution in [1.82, 2.24) is 15.0 Å². The Bertz CT molecular complexity index is 682. The molecule has 3 aromatic rings. The lowest BCUT2D eigenvalue weighted by Crippen LogP contribution is -1.90. The summed E-state index contributed by atoms with van der Waals surface area (Å²) in [5, 5.41) is 0. The Balaban J connectivity index is 2.18. The maximum absolute atomic E-state index is 4.49. The van der Waals surface area contributed by atoms with Gasteiger partial charge in [-0.1, -0.05) is 28.1 Å². The number of rotatable bonds is 1. The van der Waals surface area contributed by atoms with Crippen LogP contribution in [0.15, 0.2) is 53.3 Å². The molecule has 0 aliphatic rings. The first-order valence-corrected chi connectivity index (χ1v) is 5.96. The maximum Gasteiger partial charge on any atom is 0.178 e. The molecular formula is C13H8BrN3. The molecule has 2 heterocycles. The van der Waals surface area contributed by atoms with Crippen LogP contribution in [0, 0.1) is 0 Å². The van der Waals surface area contributed by atoms with E-state index in [0.717, 1.165) is 21.2 Å². The van der Waals surface area contributed by atoms with Crippen LogP contribution < -0.4 is 0 Å². The summed E-state index contributed by atoms with van der Waals surface area (Å²) in [4.78, 5) is 13.0. The van der Waals surface area contributed by atoms with E-state index in [4.69, 9.17) is 0 Å². The Hall–Kier alpha value is -1.81. The van der Waals surface area contributed by atoms with Crippen molar-refractivity contribution in [3.63, 3.8) is 0 Å². The molecule has 0 atom stereocenters. The summed E-state index contributed by atoms with van der Waals surface area (Å²) < 4.78 is 1.03. The molecule has 1 aromatic carbocycles. The molecule has 2 aromatic heterocycles. The smallest absolute Gasteiger partial charge is 0.178 e. The molecule has 17 heavy (non-hydrogen) atoms. The SMILES string of the molecule is Brc1cccc(-c2cnc3cccnc3n2)c1. The number of hydrogen-bond donors (Lipinski definition) is 0. The largest absolute Gasteiger partial charge is 0.251 e. The molecule has 0 radical (unpaired) electrons. The van der Waals surface area contributed by atoms with E-state index < -0.39 is 0 Å². The third-order valence-corrected chi connectivity index (χ3v) is 2.93. The molecule has 3 rings (SSSR count). The van der Waals surface area contributed by atoms with Crippen molar-refractivity contribution < 1.29 is 0 Å². The van der Waals surface area contributed by atoms with Crippen LogP contribution in [0.3, 0.4) is 0 Å². The van der Waals surface area contributed by atoms with Crippen LogP contribution in [0.4, 0.5) is 0 Å². The van der Waals surface area contributed by atoms with Crippen molar-refractivity contribution in [1.29, 1.82) is 0 Å². The normalized spacial score (nSPS) is 10.6. The molecule has 3 nitrogen and oxygen atoms in total. The van der Waals surface area contributed by atoms with E-state index in [2.05, 4.69) is 30.9 Å². The van der Waals surface area contributed by atoms with Crippen LogP contribution in [-0.4, -0.2) is 15.0 Å². The predicted octanol–water partition coefficient (Wildman–Crippen LogP) is 3.45. The van der Waals surface area contributed by atoms with E-state index in [1.54, 1.807) is 12.4 Å². The van der Waals surface area contributed by atoms with Gasteiger partial charge in [0.15, 0.2) is 5.65 Å². The van der Waals surface area contributed by atoms with Crippen LogP contribution in [0.2, 0.25) is 0 Å². The van der Waals surface area contributed by atoms with Crippen molar-refractivity contribution in [3.05, 3.63) is 53.3 Å². The van der Waals surface area contributed by atoms with Gasteiger partial charge in [0.1, 0.15) is 5.52 Å². The van der Waals surface area contributed by atoms with E-state index in [1.807, 2.05) is 36.4 Å². The highest BCUT2D eigenvalue weighted by Gasteiger charge is 2.03. The van der Waals surface area contributed by atoms with Gasteiger partial charge in [-0.15, -0.1) is 0 Å². The third kappa shape index (κ3) is 2.03. The number of benzene rings is 1. The van der Waals surface area contributed by atoms with Crippen LogP contribution in [-0.2, 0) is 0 Å². The summed E-state index contributed by atoms with van der Waals surface area (Å²) >= 11 is 3.45. The number of halogens is 1. The molecule has 0 spiro atoms. The van der Waals surface area contributed by atoms with Gasteiger partial charge in [0.05, 0.1) is 11.9 Å². The van der Waals surface area contributed by atoms with Gasteiger partial charge in [-0.25, -0.2) is 9.97 Å². The van der Waals surface area contributed by atoms with Gasteiger partial charge in [0.25, 0.3) is 0 Å². The van der Waals surface area contributed by atoms with Crippen LogP contribution >= 0.6 is 15.9 Å². The Labute approximate surface area is 107 Å². The first kappa shape index (κ1) is 10.4. The van der Waals surface area contributed by atoms with Crippen molar-refractivity contribution in [2.24, 2.45) is 0 Å². The molecule has 0 bridgehead atoms. The lowest BCUT2D eigenvalue weighted by molar-refractivity contribution is 1.23.